The molecule has 1 amide bonds. The first kappa shape index (κ1) is 23.0. The molecule has 1 atom stereocenters. The topological polar surface area (TPSA) is 67.7 Å². The van der Waals surface area contributed by atoms with Gasteiger partial charge in [0, 0.05) is 26.7 Å². The summed E-state index contributed by atoms with van der Waals surface area (Å²) in [5, 5.41) is 0.536. The standard InChI is InChI=1S/C26H32N4O3/c1-28(25(31)18-30-19-27-23-11-5-4-10-22(23)26(30)32)16-20-8-7-14-29(17-20)15-13-21-9-3-6-12-24(21)33-2/h3-6,9-12,19-20H,7-8,13-18H2,1-2H3/t20-/m0/s1. The number of ether oxygens (including phenoxy) is 1. The van der Waals surface area contributed by atoms with E-state index in [1.165, 1.54) is 16.5 Å². The maximum atomic E-state index is 12.8. The van der Waals surface area contributed by atoms with Crippen LogP contribution in [0.2, 0.25) is 0 Å². The summed E-state index contributed by atoms with van der Waals surface area (Å²) in [6, 6.07) is 15.4. The number of rotatable bonds is 8. The fraction of sp³-hybridized carbons (Fsp3) is 0.423. The molecule has 4 rings (SSSR count). The number of para-hydroxylation sites is 2. The Hall–Kier alpha value is -3.19. The van der Waals surface area contributed by atoms with Crippen molar-refractivity contribution in [3.63, 3.8) is 0 Å². The Morgan fingerprint density at radius 3 is 2.82 bits per heavy atom. The third-order valence-electron chi connectivity index (χ3n) is 6.49. The molecule has 3 aromatic rings. The Labute approximate surface area is 194 Å². The van der Waals surface area contributed by atoms with Crippen LogP contribution >= 0.6 is 0 Å². The second-order valence-electron chi connectivity index (χ2n) is 8.84. The number of fused-ring (bicyclic) bond motifs is 1. The van der Waals surface area contributed by atoms with Crippen LogP contribution in [0, 0.1) is 5.92 Å². The lowest BCUT2D eigenvalue weighted by molar-refractivity contribution is -0.131. The molecule has 0 spiro atoms. The van der Waals surface area contributed by atoms with E-state index in [-0.39, 0.29) is 18.0 Å². The largest absolute Gasteiger partial charge is 0.496 e. The summed E-state index contributed by atoms with van der Waals surface area (Å²) in [6.45, 7) is 3.75. The van der Waals surface area contributed by atoms with E-state index in [9.17, 15) is 9.59 Å². The van der Waals surface area contributed by atoms with Crippen molar-refractivity contribution in [3.05, 3.63) is 70.8 Å². The highest BCUT2D eigenvalue weighted by Gasteiger charge is 2.23. The number of hydrogen-bond acceptors (Lipinski definition) is 5. The molecule has 1 aliphatic heterocycles. The maximum Gasteiger partial charge on any atom is 0.261 e. The predicted molar refractivity (Wildman–Crippen MR) is 130 cm³/mol. The molecule has 33 heavy (non-hydrogen) atoms. The molecule has 2 heterocycles. The number of methoxy groups -OCH3 is 1. The first-order valence-corrected chi connectivity index (χ1v) is 11.6. The number of hydrogen-bond donors (Lipinski definition) is 0. The summed E-state index contributed by atoms with van der Waals surface area (Å²) >= 11 is 0. The lowest BCUT2D eigenvalue weighted by Gasteiger charge is -2.35. The molecule has 0 saturated carbocycles. The number of piperidine rings is 1. The van der Waals surface area contributed by atoms with E-state index in [2.05, 4.69) is 16.0 Å². The van der Waals surface area contributed by atoms with Crippen molar-refractivity contribution in [1.29, 1.82) is 0 Å². The van der Waals surface area contributed by atoms with Gasteiger partial charge in [-0.2, -0.15) is 0 Å². The summed E-state index contributed by atoms with van der Waals surface area (Å²) in [4.78, 5) is 34.1. The second kappa shape index (κ2) is 10.6. The van der Waals surface area contributed by atoms with Crippen LogP contribution in [0.4, 0.5) is 0 Å². The van der Waals surface area contributed by atoms with Crippen molar-refractivity contribution in [3.8, 4) is 5.75 Å². The zero-order valence-corrected chi connectivity index (χ0v) is 19.4. The highest BCUT2D eigenvalue weighted by Crippen LogP contribution is 2.21. The van der Waals surface area contributed by atoms with Crippen LogP contribution in [-0.2, 0) is 17.8 Å². The van der Waals surface area contributed by atoms with Crippen LogP contribution < -0.4 is 10.3 Å². The zero-order chi connectivity index (χ0) is 23.2. The minimum Gasteiger partial charge on any atom is -0.496 e. The number of likely N-dealkylation sites (N-methyl/N-ethyl adjacent to an activating group) is 1. The van der Waals surface area contributed by atoms with Gasteiger partial charge in [-0.25, -0.2) is 4.98 Å². The molecule has 1 fully saturated rings. The summed E-state index contributed by atoms with van der Waals surface area (Å²) < 4.78 is 6.88. The summed E-state index contributed by atoms with van der Waals surface area (Å²) in [5.74, 6) is 1.30. The summed E-state index contributed by atoms with van der Waals surface area (Å²) in [6.07, 6.45) is 4.66. The third-order valence-corrected chi connectivity index (χ3v) is 6.49. The highest BCUT2D eigenvalue weighted by molar-refractivity contribution is 5.78. The summed E-state index contributed by atoms with van der Waals surface area (Å²) in [5.41, 5.74) is 1.70. The third kappa shape index (κ3) is 5.60. The van der Waals surface area contributed by atoms with E-state index in [4.69, 9.17) is 4.74 Å². The van der Waals surface area contributed by atoms with Gasteiger partial charge in [0.05, 0.1) is 24.3 Å². The molecule has 0 N–H and O–H groups in total. The minimum absolute atomic E-state index is 0.0113. The number of carbonyl (C=O) groups excluding carboxylic acids is 1. The van der Waals surface area contributed by atoms with Crippen LogP contribution in [-0.4, -0.2) is 65.6 Å². The molecule has 0 bridgehead atoms. The number of likely N-dealkylation sites (tertiary alicyclic amines) is 1. The van der Waals surface area contributed by atoms with Crippen molar-refractivity contribution >= 4 is 16.8 Å². The molecule has 2 aromatic carbocycles. The first-order valence-electron chi connectivity index (χ1n) is 11.6. The quantitative estimate of drug-likeness (QED) is 0.530. The SMILES string of the molecule is COc1ccccc1CCN1CCC[C@@H](CN(C)C(=O)Cn2cnc3ccccc3c2=O)C1. The van der Waals surface area contributed by atoms with Crippen LogP contribution in [0.25, 0.3) is 10.9 Å². The molecular formula is C26H32N4O3. The normalized spacial score (nSPS) is 16.6. The van der Waals surface area contributed by atoms with Gasteiger partial charge >= 0.3 is 0 Å². The number of amides is 1. The van der Waals surface area contributed by atoms with E-state index in [1.807, 2.05) is 37.4 Å². The van der Waals surface area contributed by atoms with Gasteiger partial charge in [0.15, 0.2) is 0 Å². The Kier molecular flexibility index (Phi) is 7.40. The van der Waals surface area contributed by atoms with Crippen LogP contribution in [0.3, 0.4) is 0 Å². The minimum atomic E-state index is -0.178. The summed E-state index contributed by atoms with van der Waals surface area (Å²) in [7, 11) is 3.54. The molecular weight excluding hydrogens is 416 g/mol. The van der Waals surface area contributed by atoms with E-state index >= 15 is 0 Å². The van der Waals surface area contributed by atoms with Crippen LogP contribution in [0.15, 0.2) is 59.7 Å². The molecule has 0 aliphatic carbocycles. The Balaban J connectivity index is 1.31. The van der Waals surface area contributed by atoms with Crippen molar-refractivity contribution in [2.24, 2.45) is 5.92 Å². The lowest BCUT2D eigenvalue weighted by atomic mass is 9.97. The number of nitrogens with zero attached hydrogens (tertiary/aromatic N) is 4. The smallest absolute Gasteiger partial charge is 0.261 e. The lowest BCUT2D eigenvalue weighted by Crippen LogP contribution is -2.43. The molecule has 1 aliphatic rings. The van der Waals surface area contributed by atoms with Gasteiger partial charge in [0.1, 0.15) is 12.3 Å². The predicted octanol–water partition coefficient (Wildman–Crippen LogP) is 2.82. The first-order chi connectivity index (χ1) is 16.0. The van der Waals surface area contributed by atoms with Gasteiger partial charge in [-0.05, 0) is 55.5 Å². The van der Waals surface area contributed by atoms with E-state index < -0.39 is 0 Å². The second-order valence-corrected chi connectivity index (χ2v) is 8.84. The molecule has 7 heteroatoms. The molecule has 174 valence electrons. The van der Waals surface area contributed by atoms with Crippen molar-refractivity contribution in [2.75, 3.05) is 40.3 Å². The van der Waals surface area contributed by atoms with Crippen molar-refractivity contribution in [1.82, 2.24) is 19.4 Å². The molecule has 1 saturated heterocycles. The van der Waals surface area contributed by atoms with E-state index in [0.29, 0.717) is 23.4 Å². The number of benzene rings is 2. The molecule has 0 radical (unpaired) electrons. The van der Waals surface area contributed by atoms with Crippen LogP contribution in [0.1, 0.15) is 18.4 Å². The average molecular weight is 449 g/mol. The Morgan fingerprint density at radius 2 is 1.97 bits per heavy atom. The maximum absolute atomic E-state index is 12.8. The van der Waals surface area contributed by atoms with Gasteiger partial charge in [-0.15, -0.1) is 0 Å². The van der Waals surface area contributed by atoms with Gasteiger partial charge in [0.25, 0.3) is 5.56 Å². The van der Waals surface area contributed by atoms with E-state index in [0.717, 1.165) is 44.6 Å². The Morgan fingerprint density at radius 1 is 1.18 bits per heavy atom. The Bertz CT molecular complexity index is 1160. The zero-order valence-electron chi connectivity index (χ0n) is 19.4. The van der Waals surface area contributed by atoms with Gasteiger partial charge < -0.3 is 14.5 Å². The average Bonchev–Trinajstić information content (AvgIpc) is 2.85. The monoisotopic (exact) mass is 448 g/mol. The number of carbonyl (C=O) groups is 1. The molecule has 0 unspecified atom stereocenters. The fourth-order valence-corrected chi connectivity index (χ4v) is 4.67. The molecule has 7 nitrogen and oxygen atoms in total. The van der Waals surface area contributed by atoms with Crippen molar-refractivity contribution < 1.29 is 9.53 Å². The van der Waals surface area contributed by atoms with Crippen LogP contribution in [0.5, 0.6) is 5.75 Å². The van der Waals surface area contributed by atoms with Gasteiger partial charge in [-0.1, -0.05) is 30.3 Å². The molecule has 1 aromatic heterocycles. The highest BCUT2D eigenvalue weighted by atomic mass is 16.5. The fourth-order valence-electron chi connectivity index (χ4n) is 4.67. The van der Waals surface area contributed by atoms with Gasteiger partial charge in [0.2, 0.25) is 5.91 Å². The van der Waals surface area contributed by atoms with Gasteiger partial charge in [-0.3, -0.25) is 14.2 Å². The van der Waals surface area contributed by atoms with E-state index in [1.54, 1.807) is 24.1 Å². The number of aromatic nitrogens is 2. The van der Waals surface area contributed by atoms with Crippen molar-refractivity contribution in [2.45, 2.75) is 25.8 Å².